The van der Waals surface area contributed by atoms with Crippen LogP contribution in [0, 0.1) is 0 Å². The third kappa shape index (κ3) is 6.25. The van der Waals surface area contributed by atoms with E-state index in [1.165, 1.54) is 5.56 Å². The number of piperidine rings is 2. The van der Waals surface area contributed by atoms with Gasteiger partial charge in [0.25, 0.3) is 5.91 Å². The van der Waals surface area contributed by atoms with Crippen molar-refractivity contribution in [2.45, 2.75) is 56.5 Å². The predicted molar refractivity (Wildman–Crippen MR) is 219 cm³/mol. The molecule has 2 amide bonds. The van der Waals surface area contributed by atoms with Gasteiger partial charge in [0.1, 0.15) is 23.6 Å². The second-order valence-electron chi connectivity index (χ2n) is 15.2. The molecular weight excluding hydrogens is 703 g/mol. The van der Waals surface area contributed by atoms with Crippen LogP contribution < -0.4 is 15.1 Å². The van der Waals surface area contributed by atoms with Crippen LogP contribution in [-0.2, 0) is 9.59 Å². The molecule has 2 aromatic heterocycles. The minimum absolute atomic E-state index is 0.185. The number of aromatic hydroxyl groups is 1. The minimum Gasteiger partial charge on any atom is -0.507 e. The molecular formula is C45H45N7O4. The monoisotopic (exact) mass is 747 g/mol. The number of aromatic nitrogens is 3. The number of nitrogens with one attached hydrogen (secondary N) is 1. The molecule has 1 unspecified atom stereocenters. The maximum Gasteiger partial charge on any atom is 0.259 e. The van der Waals surface area contributed by atoms with E-state index in [0.29, 0.717) is 28.8 Å². The molecule has 9 rings (SSSR count). The number of rotatable bonds is 10. The van der Waals surface area contributed by atoms with Crippen LogP contribution in [-0.4, -0.2) is 88.2 Å². The van der Waals surface area contributed by atoms with Gasteiger partial charge in [0, 0.05) is 72.1 Å². The summed E-state index contributed by atoms with van der Waals surface area (Å²) in [6.07, 6.45) is 7.73. The Bertz CT molecular complexity index is 2450. The number of benzene rings is 4. The molecule has 3 aliphatic heterocycles. The Hall–Kier alpha value is -6.07. The van der Waals surface area contributed by atoms with Crippen LogP contribution in [0.3, 0.4) is 0 Å². The molecule has 284 valence electrons. The van der Waals surface area contributed by atoms with E-state index < -0.39 is 6.04 Å². The predicted octanol–water partition coefficient (Wildman–Crippen LogP) is 6.85. The molecule has 0 spiro atoms. The highest BCUT2D eigenvalue weighted by atomic mass is 16.3. The number of phenols is 1. The summed E-state index contributed by atoms with van der Waals surface area (Å²) in [5.41, 5.74) is 7.97. The van der Waals surface area contributed by atoms with Crippen LogP contribution >= 0.6 is 0 Å². The molecule has 0 aliphatic carbocycles. The molecule has 5 heterocycles. The van der Waals surface area contributed by atoms with Crippen molar-refractivity contribution in [1.82, 2.24) is 25.0 Å². The number of likely N-dealkylation sites (N-methyl/N-ethyl adjacent to an activating group) is 1. The van der Waals surface area contributed by atoms with Crippen molar-refractivity contribution in [3.8, 4) is 22.7 Å². The Labute approximate surface area is 325 Å². The smallest absolute Gasteiger partial charge is 0.259 e. The second kappa shape index (κ2) is 14.9. The molecule has 11 heteroatoms. The molecule has 11 nitrogen and oxygen atoms in total. The van der Waals surface area contributed by atoms with Gasteiger partial charge in [-0.1, -0.05) is 36.4 Å². The summed E-state index contributed by atoms with van der Waals surface area (Å²) in [7, 11) is 1.56. The van der Waals surface area contributed by atoms with Gasteiger partial charge in [-0.05, 0) is 111 Å². The molecule has 56 heavy (non-hydrogen) atoms. The van der Waals surface area contributed by atoms with Gasteiger partial charge in [-0.25, -0.2) is 0 Å². The van der Waals surface area contributed by atoms with Gasteiger partial charge in [0.2, 0.25) is 5.91 Å². The number of aldehydes is 1. The van der Waals surface area contributed by atoms with E-state index in [1.54, 1.807) is 24.1 Å². The van der Waals surface area contributed by atoms with E-state index in [0.717, 1.165) is 97.0 Å². The van der Waals surface area contributed by atoms with E-state index >= 15 is 0 Å². The summed E-state index contributed by atoms with van der Waals surface area (Å²) in [6, 6.07) is 29.8. The van der Waals surface area contributed by atoms with Crippen LogP contribution in [0.15, 0.2) is 97.2 Å². The first-order valence-electron chi connectivity index (χ1n) is 19.7. The van der Waals surface area contributed by atoms with E-state index in [1.807, 2.05) is 48.7 Å². The quantitative estimate of drug-likeness (QED) is 0.146. The van der Waals surface area contributed by atoms with Crippen molar-refractivity contribution in [1.29, 1.82) is 0 Å². The van der Waals surface area contributed by atoms with Crippen molar-refractivity contribution in [2.24, 2.45) is 0 Å². The molecule has 0 saturated carbocycles. The van der Waals surface area contributed by atoms with Crippen LogP contribution in [0.25, 0.3) is 38.8 Å². The zero-order valence-corrected chi connectivity index (χ0v) is 31.5. The summed E-state index contributed by atoms with van der Waals surface area (Å²) < 4.78 is 2.13. The van der Waals surface area contributed by atoms with Crippen LogP contribution in [0.1, 0.15) is 60.4 Å². The van der Waals surface area contributed by atoms with Crippen molar-refractivity contribution in [3.05, 3.63) is 108 Å². The van der Waals surface area contributed by atoms with E-state index in [9.17, 15) is 19.5 Å². The molecule has 2 saturated heterocycles. The Balaban J connectivity index is 0.840. The van der Waals surface area contributed by atoms with E-state index in [4.69, 9.17) is 0 Å². The van der Waals surface area contributed by atoms with Crippen molar-refractivity contribution in [3.63, 3.8) is 0 Å². The molecule has 0 radical (unpaired) electrons. The van der Waals surface area contributed by atoms with Crippen LogP contribution in [0.4, 0.5) is 11.4 Å². The highest BCUT2D eigenvalue weighted by molar-refractivity contribution is 6.28. The lowest BCUT2D eigenvalue weighted by Crippen LogP contribution is -2.48. The first-order valence-corrected chi connectivity index (χ1v) is 19.7. The Morgan fingerprint density at radius 2 is 1.62 bits per heavy atom. The topological polar surface area (TPSA) is 124 Å². The SMILES string of the molecule is CNC(=O)C(CCC=O)N1C(=O)c2cccc3c(N4CCC(N5CCC(c6ccc(-n7ccc8nnc(-c9ccccc9O)cc87)cc6)CC5)CC4)ccc1c23. The maximum absolute atomic E-state index is 13.7. The first-order chi connectivity index (χ1) is 27.4. The number of carbonyl (C=O) groups excluding carboxylic acids is 3. The van der Waals surface area contributed by atoms with Crippen LogP contribution in [0.5, 0.6) is 5.75 Å². The van der Waals surface area contributed by atoms with E-state index in [2.05, 4.69) is 66.3 Å². The van der Waals surface area contributed by atoms with E-state index in [-0.39, 0.29) is 30.4 Å². The zero-order chi connectivity index (χ0) is 38.3. The largest absolute Gasteiger partial charge is 0.507 e. The van der Waals surface area contributed by atoms with Gasteiger partial charge < -0.3 is 29.6 Å². The summed E-state index contributed by atoms with van der Waals surface area (Å²) in [5, 5.41) is 23.8. The number of fused-ring (bicyclic) bond motifs is 1. The molecule has 2 N–H and O–H groups in total. The number of hydrogen-bond donors (Lipinski definition) is 2. The van der Waals surface area contributed by atoms with Crippen LogP contribution in [0.2, 0.25) is 0 Å². The number of likely N-dealkylation sites (tertiary alicyclic amines) is 1. The summed E-state index contributed by atoms with van der Waals surface area (Å²) in [5.74, 6) is 0.251. The Morgan fingerprint density at radius 3 is 2.38 bits per heavy atom. The maximum atomic E-state index is 13.7. The second-order valence-corrected chi connectivity index (χ2v) is 15.2. The Morgan fingerprint density at radius 1 is 0.875 bits per heavy atom. The summed E-state index contributed by atoms with van der Waals surface area (Å²) in [4.78, 5) is 44.5. The van der Waals surface area contributed by atoms with Gasteiger partial charge in [0.05, 0.1) is 16.9 Å². The number of nitrogens with zero attached hydrogens (tertiary/aromatic N) is 6. The fraction of sp³-hybridized carbons (Fsp3) is 0.311. The summed E-state index contributed by atoms with van der Waals surface area (Å²) in [6.45, 7) is 4.05. The Kier molecular flexibility index (Phi) is 9.46. The number of amides is 2. The van der Waals surface area contributed by atoms with Gasteiger partial charge in [0.15, 0.2) is 0 Å². The van der Waals surface area contributed by atoms with Gasteiger partial charge in [-0.2, -0.15) is 0 Å². The number of hydrogen-bond acceptors (Lipinski definition) is 8. The lowest BCUT2D eigenvalue weighted by atomic mass is 9.88. The summed E-state index contributed by atoms with van der Waals surface area (Å²) >= 11 is 0. The minimum atomic E-state index is -0.744. The first kappa shape index (κ1) is 35.6. The average molecular weight is 748 g/mol. The van der Waals surface area contributed by atoms with Gasteiger partial charge >= 0.3 is 0 Å². The number of para-hydroxylation sites is 1. The zero-order valence-electron chi connectivity index (χ0n) is 31.5. The number of phenolic OH excluding ortho intramolecular Hbond substituents is 1. The average Bonchev–Trinajstić information content (AvgIpc) is 3.80. The fourth-order valence-corrected chi connectivity index (χ4v) is 9.30. The van der Waals surface area contributed by atoms with Gasteiger partial charge in [-0.15, -0.1) is 10.2 Å². The molecule has 2 fully saturated rings. The van der Waals surface area contributed by atoms with Gasteiger partial charge in [-0.3, -0.25) is 14.5 Å². The van der Waals surface area contributed by atoms with Crippen molar-refractivity contribution >= 4 is 51.3 Å². The molecule has 0 bridgehead atoms. The molecule has 1 atom stereocenters. The molecule has 6 aromatic rings. The normalized spacial score (nSPS) is 17.2. The lowest BCUT2D eigenvalue weighted by Gasteiger charge is -2.42. The highest BCUT2D eigenvalue weighted by Gasteiger charge is 2.39. The molecule has 3 aliphatic rings. The number of anilines is 2. The fourth-order valence-electron chi connectivity index (χ4n) is 9.30. The third-order valence-corrected chi connectivity index (χ3v) is 12.2. The standard InChI is InChI=1S/C45H45N7O4/c1-46-44(55)40(9-5-27-53)52-39-16-15-38(34-7-4-8-35(43(34)39)45(52)56)50-24-19-31(20-25-50)49-22-17-30(18-23-49)29-11-13-32(14-12-29)51-26-21-36-41(51)28-37(48-47-36)33-6-2-3-10-42(33)54/h2-4,6-8,10-16,21,26-28,30-31,40,54H,5,9,17-20,22-25H2,1H3,(H,46,55). The molecule has 4 aromatic carbocycles. The third-order valence-electron chi connectivity index (χ3n) is 12.2. The highest BCUT2D eigenvalue weighted by Crippen LogP contribution is 2.44. The lowest BCUT2D eigenvalue weighted by molar-refractivity contribution is -0.122. The van der Waals surface area contributed by atoms with Crippen molar-refractivity contribution in [2.75, 3.05) is 43.0 Å². The van der Waals surface area contributed by atoms with Crippen molar-refractivity contribution < 1.29 is 19.5 Å². The number of carbonyl (C=O) groups is 3.